The van der Waals surface area contributed by atoms with E-state index in [-0.39, 0.29) is 34.8 Å². The quantitative estimate of drug-likeness (QED) is 0.613. The summed E-state index contributed by atoms with van der Waals surface area (Å²) in [4.78, 5) is 17.1. The predicted molar refractivity (Wildman–Crippen MR) is 118 cm³/mol. The van der Waals surface area contributed by atoms with Crippen LogP contribution < -0.4 is 5.32 Å². The van der Waals surface area contributed by atoms with Gasteiger partial charge in [0.05, 0.1) is 16.2 Å². The van der Waals surface area contributed by atoms with Gasteiger partial charge in [0.15, 0.2) is 0 Å². The third-order valence-corrected chi connectivity index (χ3v) is 7.85. The maximum absolute atomic E-state index is 12.9. The molecular formula is C21H19Cl2N3O3S. The Morgan fingerprint density at radius 3 is 2.60 bits per heavy atom. The van der Waals surface area contributed by atoms with Crippen molar-refractivity contribution in [1.82, 2.24) is 9.29 Å². The Bertz CT molecular complexity index is 1200. The van der Waals surface area contributed by atoms with E-state index in [0.29, 0.717) is 23.6 Å². The summed E-state index contributed by atoms with van der Waals surface area (Å²) < 4.78 is 27.3. The van der Waals surface area contributed by atoms with E-state index in [4.69, 9.17) is 23.2 Å². The fourth-order valence-corrected chi connectivity index (χ4v) is 5.83. The van der Waals surface area contributed by atoms with Gasteiger partial charge in [-0.2, -0.15) is 4.31 Å². The maximum atomic E-state index is 12.9. The molecule has 2 aromatic carbocycles. The molecule has 0 saturated carbocycles. The van der Waals surface area contributed by atoms with Gasteiger partial charge >= 0.3 is 0 Å². The molecule has 0 radical (unpaired) electrons. The lowest BCUT2D eigenvalue weighted by Gasteiger charge is -2.30. The number of piperidine rings is 1. The van der Waals surface area contributed by atoms with Gasteiger partial charge in [-0.3, -0.25) is 9.78 Å². The summed E-state index contributed by atoms with van der Waals surface area (Å²) in [7, 11) is -3.78. The SMILES string of the molecule is O=C(Nc1cccc2ncccc12)C1CCN(S(=O)(=O)c2cc(Cl)ccc2Cl)CC1. The predicted octanol–water partition coefficient (Wildman–Crippen LogP) is 4.58. The van der Waals surface area contributed by atoms with E-state index in [1.807, 2.05) is 30.3 Å². The zero-order chi connectivity index (χ0) is 21.3. The number of carbonyl (C=O) groups is 1. The number of halogens is 2. The molecular weight excluding hydrogens is 445 g/mol. The van der Waals surface area contributed by atoms with Crippen LogP contribution in [0.25, 0.3) is 10.9 Å². The fourth-order valence-electron chi connectivity index (χ4n) is 3.62. The molecule has 0 bridgehead atoms. The number of hydrogen-bond acceptors (Lipinski definition) is 4. The molecule has 1 aliphatic rings. The Morgan fingerprint density at radius 1 is 1.07 bits per heavy atom. The van der Waals surface area contributed by atoms with Crippen LogP contribution in [0.3, 0.4) is 0 Å². The van der Waals surface area contributed by atoms with Crippen LogP contribution >= 0.6 is 23.2 Å². The molecule has 1 N–H and O–H groups in total. The summed E-state index contributed by atoms with van der Waals surface area (Å²) in [6.07, 6.45) is 2.55. The Morgan fingerprint density at radius 2 is 1.83 bits per heavy atom. The minimum Gasteiger partial charge on any atom is -0.325 e. The number of carbonyl (C=O) groups excluding carboxylic acids is 1. The zero-order valence-corrected chi connectivity index (χ0v) is 18.2. The molecule has 6 nitrogen and oxygen atoms in total. The summed E-state index contributed by atoms with van der Waals surface area (Å²) in [5.74, 6) is -0.401. The Balaban J connectivity index is 1.45. The normalized spacial score (nSPS) is 15.9. The van der Waals surface area contributed by atoms with Crippen LogP contribution in [-0.2, 0) is 14.8 Å². The van der Waals surface area contributed by atoms with Crippen molar-refractivity contribution in [2.75, 3.05) is 18.4 Å². The molecule has 156 valence electrons. The number of nitrogens with one attached hydrogen (secondary N) is 1. The molecule has 0 spiro atoms. The third kappa shape index (κ3) is 4.16. The number of anilines is 1. The second-order valence-electron chi connectivity index (χ2n) is 7.12. The first-order valence-electron chi connectivity index (χ1n) is 9.46. The van der Waals surface area contributed by atoms with Crippen LogP contribution in [-0.4, -0.2) is 36.7 Å². The number of amides is 1. The largest absolute Gasteiger partial charge is 0.325 e. The summed E-state index contributed by atoms with van der Waals surface area (Å²) in [5, 5.41) is 4.27. The minimum atomic E-state index is -3.78. The molecule has 4 rings (SSSR count). The molecule has 1 aliphatic heterocycles. The lowest BCUT2D eigenvalue weighted by molar-refractivity contribution is -0.120. The average Bonchev–Trinajstić information content (AvgIpc) is 2.75. The first-order chi connectivity index (χ1) is 14.4. The number of fused-ring (bicyclic) bond motifs is 1. The Labute approximate surface area is 184 Å². The highest BCUT2D eigenvalue weighted by Crippen LogP contribution is 2.31. The van der Waals surface area contributed by atoms with Gasteiger partial charge in [0, 0.05) is 35.6 Å². The number of pyridine rings is 1. The van der Waals surface area contributed by atoms with Gasteiger partial charge in [-0.05, 0) is 55.3 Å². The molecule has 9 heteroatoms. The van der Waals surface area contributed by atoms with Crippen molar-refractivity contribution in [3.05, 3.63) is 64.8 Å². The number of aromatic nitrogens is 1. The van der Waals surface area contributed by atoms with E-state index in [2.05, 4.69) is 10.3 Å². The van der Waals surface area contributed by atoms with E-state index in [9.17, 15) is 13.2 Å². The van der Waals surface area contributed by atoms with Crippen LogP contribution in [0.4, 0.5) is 5.69 Å². The summed E-state index contributed by atoms with van der Waals surface area (Å²) in [6.45, 7) is 0.473. The monoisotopic (exact) mass is 463 g/mol. The molecule has 1 fully saturated rings. The highest BCUT2D eigenvalue weighted by Gasteiger charge is 2.33. The fraction of sp³-hybridized carbons (Fsp3) is 0.238. The van der Waals surface area contributed by atoms with Gasteiger partial charge in [0.25, 0.3) is 0 Å². The van der Waals surface area contributed by atoms with Crippen molar-refractivity contribution in [3.8, 4) is 0 Å². The highest BCUT2D eigenvalue weighted by atomic mass is 35.5. The summed E-state index contributed by atoms with van der Waals surface area (Å²) in [6, 6.07) is 13.7. The van der Waals surface area contributed by atoms with Gasteiger partial charge in [0.1, 0.15) is 4.90 Å². The first-order valence-corrected chi connectivity index (χ1v) is 11.7. The van der Waals surface area contributed by atoms with Crippen LogP contribution in [0, 0.1) is 5.92 Å². The van der Waals surface area contributed by atoms with E-state index in [0.717, 1.165) is 10.9 Å². The number of nitrogens with zero attached hydrogens (tertiary/aromatic N) is 2. The molecule has 1 amide bonds. The second kappa shape index (κ2) is 8.51. The molecule has 2 heterocycles. The van der Waals surface area contributed by atoms with E-state index >= 15 is 0 Å². The second-order valence-corrected chi connectivity index (χ2v) is 9.87. The van der Waals surface area contributed by atoms with E-state index in [1.165, 1.54) is 16.4 Å². The van der Waals surface area contributed by atoms with Crippen LogP contribution in [0.5, 0.6) is 0 Å². The van der Waals surface area contributed by atoms with Crippen molar-refractivity contribution in [2.24, 2.45) is 5.92 Å². The van der Waals surface area contributed by atoms with E-state index in [1.54, 1.807) is 12.3 Å². The first kappa shape index (κ1) is 21.1. The summed E-state index contributed by atoms with van der Waals surface area (Å²) >= 11 is 12.0. The molecule has 0 atom stereocenters. The molecule has 3 aromatic rings. The van der Waals surface area contributed by atoms with Gasteiger partial charge < -0.3 is 5.32 Å². The third-order valence-electron chi connectivity index (χ3n) is 5.24. The van der Waals surface area contributed by atoms with Gasteiger partial charge in [-0.1, -0.05) is 29.3 Å². The smallest absolute Gasteiger partial charge is 0.244 e. The maximum Gasteiger partial charge on any atom is 0.244 e. The zero-order valence-electron chi connectivity index (χ0n) is 15.9. The van der Waals surface area contributed by atoms with Gasteiger partial charge in [0.2, 0.25) is 15.9 Å². The number of benzene rings is 2. The van der Waals surface area contributed by atoms with Crippen molar-refractivity contribution >= 4 is 55.7 Å². The summed E-state index contributed by atoms with van der Waals surface area (Å²) in [5.41, 5.74) is 1.50. The topological polar surface area (TPSA) is 79.4 Å². The standard InChI is InChI=1S/C21H19Cl2N3O3S/c22-15-6-7-17(23)20(13-15)30(28,29)26-11-8-14(9-12-26)21(27)25-19-5-1-4-18-16(19)3-2-10-24-18/h1-7,10,13-14H,8-9,11-12H2,(H,25,27). The van der Waals surface area contributed by atoms with Gasteiger partial charge in [-0.15, -0.1) is 0 Å². The van der Waals surface area contributed by atoms with Crippen molar-refractivity contribution < 1.29 is 13.2 Å². The highest BCUT2D eigenvalue weighted by molar-refractivity contribution is 7.89. The Kier molecular flexibility index (Phi) is 5.97. The van der Waals surface area contributed by atoms with Crippen molar-refractivity contribution in [1.29, 1.82) is 0 Å². The van der Waals surface area contributed by atoms with Crippen LogP contribution in [0.1, 0.15) is 12.8 Å². The number of hydrogen-bond donors (Lipinski definition) is 1. The van der Waals surface area contributed by atoms with E-state index < -0.39 is 10.0 Å². The Hall–Kier alpha value is -2.19. The molecule has 1 saturated heterocycles. The molecule has 1 aromatic heterocycles. The number of rotatable bonds is 4. The van der Waals surface area contributed by atoms with Crippen LogP contribution in [0.2, 0.25) is 10.0 Å². The lowest BCUT2D eigenvalue weighted by Crippen LogP contribution is -2.41. The molecule has 0 unspecified atom stereocenters. The van der Waals surface area contributed by atoms with Crippen molar-refractivity contribution in [2.45, 2.75) is 17.7 Å². The average molecular weight is 464 g/mol. The molecule has 30 heavy (non-hydrogen) atoms. The van der Waals surface area contributed by atoms with Crippen LogP contribution in [0.15, 0.2) is 59.6 Å². The lowest BCUT2D eigenvalue weighted by atomic mass is 9.97. The van der Waals surface area contributed by atoms with Crippen molar-refractivity contribution in [3.63, 3.8) is 0 Å². The number of sulfonamides is 1. The minimum absolute atomic E-state index is 0.0113. The molecule has 0 aliphatic carbocycles. The van der Waals surface area contributed by atoms with Gasteiger partial charge in [-0.25, -0.2) is 8.42 Å².